The molecule has 2 bridgehead atoms. The van der Waals surface area contributed by atoms with Crippen molar-refractivity contribution in [3.05, 3.63) is 47.4 Å². The van der Waals surface area contributed by atoms with Crippen molar-refractivity contribution in [3.8, 4) is 17.1 Å². The molecule has 2 aromatic heterocycles. The van der Waals surface area contributed by atoms with Crippen molar-refractivity contribution in [2.45, 2.75) is 69.5 Å². The van der Waals surface area contributed by atoms with Gasteiger partial charge in [-0.2, -0.15) is 9.97 Å². The molecule has 4 saturated heterocycles. The number of nitrogens with zero attached hydrogens (tertiary/aromatic N) is 4. The van der Waals surface area contributed by atoms with Crippen molar-refractivity contribution in [2.24, 2.45) is 0 Å². The highest BCUT2D eigenvalue weighted by Gasteiger charge is 2.45. The molecule has 0 aliphatic carbocycles. The Balaban J connectivity index is 1.28. The first-order valence-corrected chi connectivity index (χ1v) is 15.3. The van der Waals surface area contributed by atoms with Crippen LogP contribution in [0, 0.1) is 17.5 Å². The number of nitrogens with one attached hydrogen (secondary N) is 2. The topological polar surface area (TPSA) is 69.3 Å². The molecule has 220 valence electrons. The van der Waals surface area contributed by atoms with E-state index in [-0.39, 0.29) is 28.2 Å². The molecular weight excluding hydrogens is 541 g/mol. The first-order valence-electron chi connectivity index (χ1n) is 15.3. The third kappa shape index (κ3) is 4.01. The fourth-order valence-corrected chi connectivity index (χ4v) is 8.16. The number of rotatable bonds is 6. The number of ether oxygens (including phenoxy) is 1. The van der Waals surface area contributed by atoms with E-state index in [0.717, 1.165) is 51.6 Å². The Hall–Kier alpha value is -3.37. The van der Waals surface area contributed by atoms with Crippen LogP contribution in [0.2, 0.25) is 0 Å². The van der Waals surface area contributed by atoms with E-state index in [1.165, 1.54) is 12.1 Å². The molecule has 0 saturated carbocycles. The van der Waals surface area contributed by atoms with Crippen LogP contribution in [0.1, 0.15) is 51.0 Å². The summed E-state index contributed by atoms with van der Waals surface area (Å²) < 4.78 is 53.8. The van der Waals surface area contributed by atoms with Crippen LogP contribution in [-0.2, 0) is 6.42 Å². The number of benzene rings is 2. The minimum atomic E-state index is -0.787. The van der Waals surface area contributed by atoms with Crippen molar-refractivity contribution < 1.29 is 17.9 Å². The number of hydrogen-bond donors (Lipinski definition) is 2. The van der Waals surface area contributed by atoms with E-state index in [2.05, 4.69) is 25.1 Å². The standard InChI is InChI=1S/C32H35F3N6O/c1-2-20-23(33)7-8-25-26(20)22(14-36-25)27-24(34)13-21-29(28(27)35)38-31(42-17-32-9-3-11-41(32)12-4-10-32)39-30(21)40-15-18-5-6-19(16-40)37-18/h7-8,13-14,18-19,36-37H,2-6,9-12,15-17H2,1H3/t18-,19+. The van der Waals surface area contributed by atoms with Gasteiger partial charge in [-0.25, -0.2) is 13.2 Å². The SMILES string of the molecule is CCc1c(F)ccc2[nH]cc(-c3c(F)cc4c(N5C[C@H]6CC[C@@H](C5)N6)nc(OCC56CCCN5CCC6)nc4c3F)c12. The van der Waals surface area contributed by atoms with Crippen molar-refractivity contribution in [1.29, 1.82) is 0 Å². The molecule has 2 N–H and O–H groups in total. The third-order valence-electron chi connectivity index (χ3n) is 10.2. The average molecular weight is 577 g/mol. The van der Waals surface area contributed by atoms with Crippen LogP contribution in [0.3, 0.4) is 0 Å². The second kappa shape index (κ2) is 9.84. The van der Waals surface area contributed by atoms with Crippen LogP contribution in [0.15, 0.2) is 24.4 Å². The largest absolute Gasteiger partial charge is 0.461 e. The molecule has 0 amide bonds. The van der Waals surface area contributed by atoms with E-state index in [4.69, 9.17) is 9.72 Å². The Morgan fingerprint density at radius 3 is 2.52 bits per heavy atom. The van der Waals surface area contributed by atoms with Gasteiger partial charge in [-0.05, 0) is 81.8 Å². The monoisotopic (exact) mass is 576 g/mol. The van der Waals surface area contributed by atoms with Crippen molar-refractivity contribution in [2.75, 3.05) is 37.7 Å². The lowest BCUT2D eigenvalue weighted by Gasteiger charge is -2.34. The summed E-state index contributed by atoms with van der Waals surface area (Å²) in [4.78, 5) is 17.1. The minimum Gasteiger partial charge on any atom is -0.461 e. The van der Waals surface area contributed by atoms with Crippen LogP contribution in [0.4, 0.5) is 19.0 Å². The molecule has 2 aromatic carbocycles. The number of aromatic amines is 1. The van der Waals surface area contributed by atoms with Gasteiger partial charge in [0.1, 0.15) is 29.6 Å². The zero-order valence-corrected chi connectivity index (χ0v) is 23.8. The number of hydrogen-bond acceptors (Lipinski definition) is 6. The molecule has 7 nitrogen and oxygen atoms in total. The lowest BCUT2D eigenvalue weighted by atomic mass is 9.95. The molecule has 0 spiro atoms. The summed E-state index contributed by atoms with van der Waals surface area (Å²) in [5.74, 6) is -1.40. The minimum absolute atomic E-state index is 0.0216. The smallest absolute Gasteiger partial charge is 0.319 e. The second-order valence-corrected chi connectivity index (χ2v) is 12.5. The third-order valence-corrected chi connectivity index (χ3v) is 10.2. The number of piperazine rings is 1. The van der Waals surface area contributed by atoms with Crippen molar-refractivity contribution in [3.63, 3.8) is 0 Å². The quantitative estimate of drug-likeness (QED) is 0.307. The van der Waals surface area contributed by atoms with E-state index >= 15 is 8.78 Å². The van der Waals surface area contributed by atoms with E-state index in [1.54, 1.807) is 12.3 Å². The maximum Gasteiger partial charge on any atom is 0.319 e. The predicted molar refractivity (Wildman–Crippen MR) is 157 cm³/mol. The Morgan fingerprint density at radius 1 is 1.02 bits per heavy atom. The van der Waals surface area contributed by atoms with Gasteiger partial charge in [0.2, 0.25) is 0 Å². The highest BCUT2D eigenvalue weighted by molar-refractivity contribution is 6.01. The van der Waals surface area contributed by atoms with Crippen LogP contribution in [0.5, 0.6) is 6.01 Å². The molecular formula is C32H35F3N6O. The molecule has 0 unspecified atom stereocenters. The fourth-order valence-electron chi connectivity index (χ4n) is 8.16. The number of fused-ring (bicyclic) bond motifs is 5. The summed E-state index contributed by atoms with van der Waals surface area (Å²) >= 11 is 0. The summed E-state index contributed by atoms with van der Waals surface area (Å²) in [5.41, 5.74) is 1.11. The van der Waals surface area contributed by atoms with Gasteiger partial charge in [-0.3, -0.25) is 4.90 Å². The molecule has 10 heteroatoms. The zero-order valence-electron chi connectivity index (χ0n) is 23.8. The molecule has 4 fully saturated rings. The molecule has 4 aliphatic heterocycles. The van der Waals surface area contributed by atoms with Gasteiger partial charge in [0.15, 0.2) is 5.82 Å². The highest BCUT2D eigenvalue weighted by atomic mass is 19.1. The van der Waals surface area contributed by atoms with Gasteiger partial charge in [0.25, 0.3) is 0 Å². The van der Waals surface area contributed by atoms with Gasteiger partial charge in [-0.15, -0.1) is 0 Å². The average Bonchev–Trinajstić information content (AvgIpc) is 3.75. The Kier molecular flexibility index (Phi) is 6.16. The van der Waals surface area contributed by atoms with E-state index in [9.17, 15) is 4.39 Å². The van der Waals surface area contributed by atoms with Crippen LogP contribution in [-0.4, -0.2) is 70.3 Å². The number of halogens is 3. The molecule has 2 atom stereocenters. The first kappa shape index (κ1) is 26.3. The van der Waals surface area contributed by atoms with Gasteiger partial charge in [-0.1, -0.05) is 6.92 Å². The molecule has 0 radical (unpaired) electrons. The molecule has 4 aliphatic rings. The van der Waals surface area contributed by atoms with Gasteiger partial charge >= 0.3 is 6.01 Å². The number of anilines is 1. The van der Waals surface area contributed by atoms with Gasteiger partial charge in [0.05, 0.1) is 11.1 Å². The number of aryl methyl sites for hydroxylation is 1. The lowest BCUT2D eigenvalue weighted by Crippen LogP contribution is -2.51. The van der Waals surface area contributed by atoms with Gasteiger partial charge < -0.3 is 19.9 Å². The summed E-state index contributed by atoms with van der Waals surface area (Å²) in [6, 6.07) is 5.06. The summed E-state index contributed by atoms with van der Waals surface area (Å²) in [6.45, 7) is 5.82. The predicted octanol–water partition coefficient (Wildman–Crippen LogP) is 5.71. The van der Waals surface area contributed by atoms with E-state index in [1.807, 2.05) is 6.92 Å². The number of aromatic nitrogens is 3. The van der Waals surface area contributed by atoms with Crippen molar-refractivity contribution in [1.82, 2.24) is 25.2 Å². The molecule has 6 heterocycles. The van der Waals surface area contributed by atoms with Crippen LogP contribution >= 0.6 is 0 Å². The Morgan fingerprint density at radius 2 is 1.79 bits per heavy atom. The maximum atomic E-state index is 16.7. The molecule has 42 heavy (non-hydrogen) atoms. The van der Waals surface area contributed by atoms with E-state index < -0.39 is 17.5 Å². The van der Waals surface area contributed by atoms with Crippen LogP contribution < -0.4 is 15.0 Å². The van der Waals surface area contributed by atoms with Crippen molar-refractivity contribution >= 4 is 27.6 Å². The Bertz CT molecular complexity index is 1680. The Labute approximate surface area is 242 Å². The normalized spacial score (nSPS) is 23.4. The highest BCUT2D eigenvalue weighted by Crippen LogP contribution is 2.42. The summed E-state index contributed by atoms with van der Waals surface area (Å²) in [5, 5.41) is 4.43. The van der Waals surface area contributed by atoms with E-state index in [0.29, 0.717) is 65.9 Å². The van der Waals surface area contributed by atoms with Crippen LogP contribution in [0.25, 0.3) is 32.9 Å². The summed E-state index contributed by atoms with van der Waals surface area (Å²) in [7, 11) is 0. The molecule has 4 aromatic rings. The second-order valence-electron chi connectivity index (χ2n) is 12.5. The van der Waals surface area contributed by atoms with Gasteiger partial charge in [0, 0.05) is 53.2 Å². The fraction of sp³-hybridized carbons (Fsp3) is 0.500. The molecule has 8 rings (SSSR count). The maximum absolute atomic E-state index is 16.7. The zero-order chi connectivity index (χ0) is 28.6. The number of H-pyrrole nitrogens is 1. The lowest BCUT2D eigenvalue weighted by molar-refractivity contribution is 0.108. The summed E-state index contributed by atoms with van der Waals surface area (Å²) in [6.07, 6.45) is 8.48. The first-order chi connectivity index (χ1) is 20.4.